The Labute approximate surface area is 198 Å². The van der Waals surface area contributed by atoms with Crippen molar-refractivity contribution in [3.63, 3.8) is 0 Å². The molecular formula is C26H26N6O2. The predicted octanol–water partition coefficient (Wildman–Crippen LogP) is 3.12. The molecule has 4 heterocycles. The Morgan fingerprint density at radius 2 is 2.03 bits per heavy atom. The lowest BCUT2D eigenvalue weighted by atomic mass is 10.0. The topological polar surface area (TPSA) is 86.8 Å². The molecule has 172 valence electrons. The Hall–Kier alpha value is -4.04. The summed E-state index contributed by atoms with van der Waals surface area (Å²) in [7, 11) is 0. The van der Waals surface area contributed by atoms with Gasteiger partial charge in [-0.25, -0.2) is 9.50 Å². The van der Waals surface area contributed by atoms with Crippen molar-refractivity contribution in [2.75, 3.05) is 37.7 Å². The van der Waals surface area contributed by atoms with Gasteiger partial charge in [-0.15, -0.1) is 6.42 Å². The molecule has 0 N–H and O–H groups in total. The van der Waals surface area contributed by atoms with Gasteiger partial charge in [0.2, 0.25) is 5.91 Å². The molecular weight excluding hydrogens is 428 g/mol. The van der Waals surface area contributed by atoms with Crippen LogP contribution in [0.5, 0.6) is 5.75 Å². The lowest BCUT2D eigenvalue weighted by Crippen LogP contribution is -2.49. The Bertz CT molecular complexity index is 1300. The molecule has 0 radical (unpaired) electrons. The number of nitrogens with zero attached hydrogens (tertiary/aromatic N) is 6. The molecule has 5 rings (SSSR count). The van der Waals surface area contributed by atoms with E-state index < -0.39 is 0 Å². The zero-order valence-corrected chi connectivity index (χ0v) is 19.2. The van der Waals surface area contributed by atoms with Crippen LogP contribution < -0.4 is 9.64 Å². The number of amides is 1. The van der Waals surface area contributed by atoms with Crippen LogP contribution in [0, 0.1) is 29.1 Å². The van der Waals surface area contributed by atoms with Crippen LogP contribution in [-0.2, 0) is 4.79 Å². The Kier molecular flexibility index (Phi) is 5.59. The fourth-order valence-corrected chi connectivity index (χ4v) is 4.49. The number of hydrogen-bond donors (Lipinski definition) is 0. The highest BCUT2D eigenvalue weighted by atomic mass is 16.5. The molecule has 8 heteroatoms. The van der Waals surface area contributed by atoms with E-state index in [2.05, 4.69) is 22.0 Å². The maximum Gasteiger partial charge on any atom is 0.224 e. The number of fused-ring (bicyclic) bond motifs is 1. The molecule has 1 saturated heterocycles. The maximum absolute atomic E-state index is 12.6. The summed E-state index contributed by atoms with van der Waals surface area (Å²) in [5.41, 5.74) is 2.77. The van der Waals surface area contributed by atoms with Crippen molar-refractivity contribution in [3.8, 4) is 35.3 Å². The smallest absolute Gasteiger partial charge is 0.224 e. The average molecular weight is 455 g/mol. The predicted molar refractivity (Wildman–Crippen MR) is 128 cm³/mol. The van der Waals surface area contributed by atoms with Crippen LogP contribution >= 0.6 is 0 Å². The van der Waals surface area contributed by atoms with Gasteiger partial charge in [0.25, 0.3) is 0 Å². The highest BCUT2D eigenvalue weighted by Gasteiger charge is 2.43. The second kappa shape index (κ2) is 8.72. The van der Waals surface area contributed by atoms with Crippen LogP contribution in [0.2, 0.25) is 0 Å². The monoisotopic (exact) mass is 454 g/mol. The first-order chi connectivity index (χ1) is 16.6. The first-order valence-electron chi connectivity index (χ1n) is 11.6. The summed E-state index contributed by atoms with van der Waals surface area (Å²) in [6.45, 7) is 5.25. The molecule has 34 heavy (non-hydrogen) atoms. The summed E-state index contributed by atoms with van der Waals surface area (Å²) in [5.74, 6) is 4.51. The average Bonchev–Trinajstić information content (AvgIpc) is 3.52. The Morgan fingerprint density at radius 1 is 1.24 bits per heavy atom. The molecule has 0 bridgehead atoms. The molecule has 1 aliphatic carbocycles. The largest absolute Gasteiger partial charge is 0.492 e. The number of ether oxygens (including phenoxy) is 1. The third-order valence-electron chi connectivity index (χ3n) is 6.68. The molecule has 1 amide bonds. The van der Waals surface area contributed by atoms with Gasteiger partial charge in [-0.2, -0.15) is 10.4 Å². The van der Waals surface area contributed by atoms with Crippen LogP contribution in [0.4, 0.5) is 5.82 Å². The molecule has 8 nitrogen and oxygen atoms in total. The number of piperazine rings is 1. The van der Waals surface area contributed by atoms with Gasteiger partial charge in [0.1, 0.15) is 17.6 Å². The summed E-state index contributed by atoms with van der Waals surface area (Å²) in [6, 6.07) is 8.12. The number of hydrogen-bond acceptors (Lipinski definition) is 6. The normalized spacial score (nSPS) is 16.7. The van der Waals surface area contributed by atoms with Gasteiger partial charge in [0.05, 0.1) is 30.1 Å². The van der Waals surface area contributed by atoms with E-state index in [0.29, 0.717) is 37.4 Å². The van der Waals surface area contributed by atoms with Gasteiger partial charge in [-0.1, -0.05) is 5.92 Å². The molecule has 0 spiro atoms. The van der Waals surface area contributed by atoms with Crippen molar-refractivity contribution in [1.29, 1.82) is 5.26 Å². The first kappa shape index (κ1) is 21.8. The fourth-order valence-electron chi connectivity index (χ4n) is 4.49. The van der Waals surface area contributed by atoms with Crippen molar-refractivity contribution in [2.45, 2.75) is 26.2 Å². The molecule has 2 aliphatic rings. The molecule has 0 atom stereocenters. The highest BCUT2D eigenvalue weighted by molar-refractivity contribution is 5.85. The van der Waals surface area contributed by atoms with Crippen molar-refractivity contribution in [3.05, 3.63) is 42.4 Å². The number of nitriles is 1. The van der Waals surface area contributed by atoms with Crippen LogP contribution in [-0.4, -0.2) is 58.2 Å². The minimum atomic E-state index is -0.183. The van der Waals surface area contributed by atoms with Gasteiger partial charge in [-0.05, 0) is 38.0 Å². The fraction of sp³-hybridized carbons (Fsp3) is 0.385. The molecule has 3 aromatic heterocycles. The Balaban J connectivity index is 1.32. The number of pyridine rings is 2. The first-order valence-corrected chi connectivity index (χ1v) is 11.6. The van der Waals surface area contributed by atoms with Gasteiger partial charge in [0, 0.05) is 55.3 Å². The molecule has 1 saturated carbocycles. The molecule has 1 aliphatic heterocycles. The van der Waals surface area contributed by atoms with Crippen molar-refractivity contribution < 1.29 is 9.53 Å². The van der Waals surface area contributed by atoms with E-state index in [4.69, 9.17) is 16.1 Å². The van der Waals surface area contributed by atoms with Crippen LogP contribution in [0.3, 0.4) is 0 Å². The van der Waals surface area contributed by atoms with Crippen molar-refractivity contribution >= 4 is 17.2 Å². The third-order valence-corrected chi connectivity index (χ3v) is 6.68. The quantitative estimate of drug-likeness (QED) is 0.532. The highest BCUT2D eigenvalue weighted by Crippen LogP contribution is 2.48. The lowest BCUT2D eigenvalue weighted by molar-refractivity contribution is -0.132. The van der Waals surface area contributed by atoms with Gasteiger partial charge in [-0.3, -0.25) is 4.79 Å². The van der Waals surface area contributed by atoms with E-state index in [1.807, 2.05) is 36.2 Å². The van der Waals surface area contributed by atoms with E-state index in [1.54, 1.807) is 16.9 Å². The minimum absolute atomic E-state index is 0.158. The van der Waals surface area contributed by atoms with E-state index in [-0.39, 0.29) is 11.3 Å². The lowest BCUT2D eigenvalue weighted by Gasteiger charge is -2.36. The van der Waals surface area contributed by atoms with E-state index in [0.717, 1.165) is 48.4 Å². The van der Waals surface area contributed by atoms with Crippen LogP contribution in [0.1, 0.15) is 31.7 Å². The standard InChI is InChI=1S/C26H26N6O2/c1-3-26(7-8-26)14-24(33)31-11-9-30(10-12-31)23-6-5-19(16-28-23)22-13-21(34-4-2)18-32-25(22)20(15-27)17-29-32/h1,5-6,13,16-18H,4,7-12,14H2,2H3. The zero-order valence-electron chi connectivity index (χ0n) is 19.2. The van der Waals surface area contributed by atoms with Crippen molar-refractivity contribution in [2.24, 2.45) is 5.41 Å². The number of rotatable bonds is 6. The molecule has 2 fully saturated rings. The van der Waals surface area contributed by atoms with Gasteiger partial charge >= 0.3 is 0 Å². The summed E-state index contributed by atoms with van der Waals surface area (Å²) < 4.78 is 7.37. The Morgan fingerprint density at radius 3 is 2.65 bits per heavy atom. The number of carbonyl (C=O) groups excluding carboxylic acids is 1. The van der Waals surface area contributed by atoms with Gasteiger partial charge < -0.3 is 14.5 Å². The van der Waals surface area contributed by atoms with E-state index in [1.165, 1.54) is 0 Å². The molecule has 0 aromatic carbocycles. The second-order valence-electron chi connectivity index (χ2n) is 8.86. The van der Waals surface area contributed by atoms with Crippen LogP contribution in [0.15, 0.2) is 36.8 Å². The SMILES string of the molecule is C#CC1(CC(=O)N2CCN(c3ccc(-c4cc(OCC)cn5ncc(C#N)c45)cn3)CC2)CC1. The number of carbonyl (C=O) groups is 1. The summed E-state index contributed by atoms with van der Waals surface area (Å²) in [6.07, 6.45) is 13.1. The molecule has 0 unspecified atom stereocenters. The number of anilines is 1. The van der Waals surface area contributed by atoms with Gasteiger partial charge in [0.15, 0.2) is 0 Å². The third kappa shape index (κ3) is 4.04. The van der Waals surface area contributed by atoms with E-state index in [9.17, 15) is 10.1 Å². The van der Waals surface area contributed by atoms with Crippen LogP contribution in [0.25, 0.3) is 16.6 Å². The molecule has 3 aromatic rings. The van der Waals surface area contributed by atoms with E-state index >= 15 is 0 Å². The minimum Gasteiger partial charge on any atom is -0.492 e. The summed E-state index contributed by atoms with van der Waals surface area (Å²) in [4.78, 5) is 21.4. The number of terminal acetylenes is 1. The zero-order chi connectivity index (χ0) is 23.7. The maximum atomic E-state index is 12.6. The summed E-state index contributed by atoms with van der Waals surface area (Å²) >= 11 is 0. The number of aromatic nitrogens is 3. The second-order valence-corrected chi connectivity index (χ2v) is 8.86. The summed E-state index contributed by atoms with van der Waals surface area (Å²) in [5, 5.41) is 13.8. The van der Waals surface area contributed by atoms with Crippen molar-refractivity contribution in [1.82, 2.24) is 19.5 Å².